The normalized spacial score (nSPS) is 14.8. The van der Waals surface area contributed by atoms with Gasteiger partial charge in [-0.1, -0.05) is 19.1 Å². The summed E-state index contributed by atoms with van der Waals surface area (Å²) in [6.07, 6.45) is 2.74. The molecule has 1 N–H and O–H groups in total. The number of nitrogens with one attached hydrogen (secondary N) is 1. The third-order valence-electron chi connectivity index (χ3n) is 4.85. The number of hydrogen-bond acceptors (Lipinski definition) is 4. The largest absolute Gasteiger partial charge is 0.483 e. The Morgan fingerprint density at radius 1 is 1.11 bits per heavy atom. The van der Waals surface area contributed by atoms with Gasteiger partial charge in [0.15, 0.2) is 6.61 Å². The highest BCUT2D eigenvalue weighted by Gasteiger charge is 2.27. The molecule has 0 atom stereocenters. The van der Waals surface area contributed by atoms with Crippen LogP contribution in [0.2, 0.25) is 0 Å². The molecule has 6 nitrogen and oxygen atoms in total. The number of carbonyl (C=O) groups excluding carboxylic acids is 1. The van der Waals surface area contributed by atoms with Crippen LogP contribution in [-0.4, -0.2) is 38.3 Å². The molecule has 1 heterocycles. The van der Waals surface area contributed by atoms with Gasteiger partial charge in [0.25, 0.3) is 5.91 Å². The van der Waals surface area contributed by atoms with Crippen molar-refractivity contribution in [2.75, 3.05) is 25.0 Å². The summed E-state index contributed by atoms with van der Waals surface area (Å²) in [6.45, 7) is 4.85. The minimum Gasteiger partial charge on any atom is -0.483 e. The van der Waals surface area contributed by atoms with E-state index in [-0.39, 0.29) is 17.4 Å². The Hall–Kier alpha value is -2.38. The molecule has 0 aliphatic carbocycles. The second kappa shape index (κ2) is 8.75. The maximum atomic E-state index is 12.6. The highest BCUT2D eigenvalue weighted by atomic mass is 32.2. The van der Waals surface area contributed by atoms with Crippen LogP contribution in [0.5, 0.6) is 5.75 Å². The molecule has 0 aromatic heterocycles. The Labute approximate surface area is 166 Å². The van der Waals surface area contributed by atoms with Crippen LogP contribution in [0.25, 0.3) is 0 Å². The smallest absolute Gasteiger partial charge is 0.262 e. The number of carbonyl (C=O) groups is 1. The number of anilines is 1. The summed E-state index contributed by atoms with van der Waals surface area (Å²) >= 11 is 0. The molecule has 1 saturated heterocycles. The van der Waals surface area contributed by atoms with E-state index in [4.69, 9.17) is 4.74 Å². The summed E-state index contributed by atoms with van der Waals surface area (Å²) in [5, 5.41) is 2.79. The van der Waals surface area contributed by atoms with Crippen molar-refractivity contribution in [3.05, 3.63) is 53.6 Å². The molecular weight excluding hydrogens is 376 g/mol. The van der Waals surface area contributed by atoms with E-state index in [1.165, 1.54) is 15.9 Å². The second-order valence-electron chi connectivity index (χ2n) is 6.93. The van der Waals surface area contributed by atoms with Crippen LogP contribution < -0.4 is 10.1 Å². The highest BCUT2D eigenvalue weighted by Crippen LogP contribution is 2.26. The minimum absolute atomic E-state index is 0.144. The van der Waals surface area contributed by atoms with Crippen molar-refractivity contribution in [2.45, 2.75) is 38.0 Å². The maximum Gasteiger partial charge on any atom is 0.262 e. The average molecular weight is 403 g/mol. The fourth-order valence-electron chi connectivity index (χ4n) is 3.19. The standard InChI is InChI=1S/C21H26N2O4S/c1-3-17-6-8-18(9-7-17)22-21(24)15-27-20-11-10-19(14-16(20)2)28(25,26)23-12-4-5-13-23/h6-11,14H,3-5,12-13,15H2,1-2H3,(H,22,24). The Morgan fingerprint density at radius 3 is 2.39 bits per heavy atom. The quantitative estimate of drug-likeness (QED) is 0.771. The Kier molecular flexibility index (Phi) is 6.36. The molecule has 0 saturated carbocycles. The predicted molar refractivity (Wildman–Crippen MR) is 109 cm³/mol. The van der Waals surface area contributed by atoms with E-state index < -0.39 is 10.0 Å². The molecule has 2 aromatic rings. The third-order valence-corrected chi connectivity index (χ3v) is 6.75. The summed E-state index contributed by atoms with van der Waals surface area (Å²) < 4.78 is 32.4. The lowest BCUT2D eigenvalue weighted by Crippen LogP contribution is -2.27. The number of aryl methyl sites for hydroxylation is 2. The van der Waals surface area contributed by atoms with Crippen LogP contribution in [0.1, 0.15) is 30.9 Å². The van der Waals surface area contributed by atoms with Gasteiger partial charge in [-0.05, 0) is 67.6 Å². The molecule has 1 fully saturated rings. The van der Waals surface area contributed by atoms with Gasteiger partial charge in [-0.25, -0.2) is 8.42 Å². The summed E-state index contributed by atoms with van der Waals surface area (Å²) in [6, 6.07) is 12.4. The third kappa shape index (κ3) is 4.72. The van der Waals surface area contributed by atoms with E-state index in [2.05, 4.69) is 12.2 Å². The maximum absolute atomic E-state index is 12.6. The van der Waals surface area contributed by atoms with E-state index in [1.807, 2.05) is 24.3 Å². The van der Waals surface area contributed by atoms with Crippen molar-refractivity contribution in [2.24, 2.45) is 0 Å². The average Bonchev–Trinajstić information content (AvgIpc) is 3.23. The molecule has 1 amide bonds. The van der Waals surface area contributed by atoms with E-state index in [9.17, 15) is 13.2 Å². The number of sulfonamides is 1. The van der Waals surface area contributed by atoms with Gasteiger partial charge in [-0.2, -0.15) is 4.31 Å². The first-order valence-corrected chi connectivity index (χ1v) is 11.0. The topological polar surface area (TPSA) is 75.7 Å². The molecule has 0 unspecified atom stereocenters. The number of benzene rings is 2. The summed E-state index contributed by atoms with van der Waals surface area (Å²) in [4.78, 5) is 12.4. The van der Waals surface area contributed by atoms with Gasteiger partial charge in [0, 0.05) is 18.8 Å². The molecule has 7 heteroatoms. The van der Waals surface area contributed by atoms with Gasteiger partial charge in [-0.15, -0.1) is 0 Å². The van der Waals surface area contributed by atoms with E-state index in [1.54, 1.807) is 19.1 Å². The monoisotopic (exact) mass is 402 g/mol. The second-order valence-corrected chi connectivity index (χ2v) is 8.86. The van der Waals surface area contributed by atoms with Crippen molar-refractivity contribution >= 4 is 21.6 Å². The molecule has 2 aromatic carbocycles. The van der Waals surface area contributed by atoms with Crippen LogP contribution in [0.15, 0.2) is 47.4 Å². The van der Waals surface area contributed by atoms with Crippen LogP contribution in [0.4, 0.5) is 5.69 Å². The van der Waals surface area contributed by atoms with Crippen molar-refractivity contribution < 1.29 is 17.9 Å². The zero-order chi connectivity index (χ0) is 20.1. The molecule has 0 bridgehead atoms. The van der Waals surface area contributed by atoms with Crippen molar-refractivity contribution in [3.8, 4) is 5.75 Å². The predicted octanol–water partition coefficient (Wildman–Crippen LogP) is 3.36. The summed E-state index contributed by atoms with van der Waals surface area (Å²) in [7, 11) is -3.46. The van der Waals surface area contributed by atoms with Crippen molar-refractivity contribution in [3.63, 3.8) is 0 Å². The van der Waals surface area contributed by atoms with Crippen molar-refractivity contribution in [1.29, 1.82) is 0 Å². The summed E-state index contributed by atoms with van der Waals surface area (Å²) in [5.74, 6) is 0.231. The summed E-state index contributed by atoms with van der Waals surface area (Å²) in [5.41, 5.74) is 2.60. The molecule has 28 heavy (non-hydrogen) atoms. The lowest BCUT2D eigenvalue weighted by Gasteiger charge is -2.17. The van der Waals surface area contributed by atoms with Crippen molar-refractivity contribution in [1.82, 2.24) is 4.31 Å². The lowest BCUT2D eigenvalue weighted by atomic mass is 10.1. The molecule has 0 spiro atoms. The molecule has 1 aliphatic rings. The van der Waals surface area contributed by atoms with Gasteiger partial charge in [0.2, 0.25) is 10.0 Å². The van der Waals surface area contributed by atoms with Gasteiger partial charge in [0.05, 0.1) is 4.90 Å². The number of hydrogen-bond donors (Lipinski definition) is 1. The number of ether oxygens (including phenoxy) is 1. The van der Waals surface area contributed by atoms with Crippen LogP contribution in [0.3, 0.4) is 0 Å². The van der Waals surface area contributed by atoms with Crippen LogP contribution >= 0.6 is 0 Å². The Morgan fingerprint density at radius 2 is 1.79 bits per heavy atom. The number of rotatable bonds is 7. The molecule has 1 aliphatic heterocycles. The molecule has 150 valence electrons. The van der Waals surface area contributed by atoms with E-state index >= 15 is 0 Å². The van der Waals surface area contributed by atoms with Crippen LogP contribution in [0, 0.1) is 6.92 Å². The Balaban J connectivity index is 1.60. The minimum atomic E-state index is -3.46. The zero-order valence-corrected chi connectivity index (χ0v) is 17.1. The number of amides is 1. The number of nitrogens with zero attached hydrogens (tertiary/aromatic N) is 1. The van der Waals surface area contributed by atoms with Gasteiger partial charge in [-0.3, -0.25) is 4.79 Å². The first-order chi connectivity index (χ1) is 13.4. The molecular formula is C21H26N2O4S. The lowest BCUT2D eigenvalue weighted by molar-refractivity contribution is -0.118. The van der Waals surface area contributed by atoms with Gasteiger partial charge < -0.3 is 10.1 Å². The first-order valence-electron chi connectivity index (χ1n) is 9.52. The highest BCUT2D eigenvalue weighted by molar-refractivity contribution is 7.89. The van der Waals surface area contributed by atoms with E-state index in [0.29, 0.717) is 24.4 Å². The van der Waals surface area contributed by atoms with Crippen LogP contribution in [-0.2, 0) is 21.2 Å². The molecule has 0 radical (unpaired) electrons. The first kappa shape index (κ1) is 20.4. The van der Waals surface area contributed by atoms with E-state index in [0.717, 1.165) is 24.9 Å². The molecule has 3 rings (SSSR count). The zero-order valence-electron chi connectivity index (χ0n) is 16.3. The fourth-order valence-corrected chi connectivity index (χ4v) is 4.79. The van der Waals surface area contributed by atoms with Gasteiger partial charge >= 0.3 is 0 Å². The fraction of sp³-hybridized carbons (Fsp3) is 0.381. The Bertz CT molecular complexity index is 933. The SMILES string of the molecule is CCc1ccc(NC(=O)COc2ccc(S(=O)(=O)N3CCCC3)cc2C)cc1. The van der Waals surface area contributed by atoms with Gasteiger partial charge in [0.1, 0.15) is 5.75 Å².